The lowest BCUT2D eigenvalue weighted by molar-refractivity contribution is 0.0691. The van der Waals surface area contributed by atoms with Gasteiger partial charge in [0, 0.05) is 0 Å². The minimum Gasteiger partial charge on any atom is -0.478 e. The summed E-state index contributed by atoms with van der Waals surface area (Å²) in [7, 11) is 0. The molecular formula is C15H11F2NO4. The van der Waals surface area contributed by atoms with Crippen LogP contribution in [0.4, 0.5) is 19.3 Å². The van der Waals surface area contributed by atoms with Crippen LogP contribution in [-0.2, 0) is 11.3 Å². The zero-order valence-electron chi connectivity index (χ0n) is 11.2. The second kappa shape index (κ2) is 6.66. The van der Waals surface area contributed by atoms with Gasteiger partial charge in [0.05, 0.1) is 5.56 Å². The standard InChI is InChI=1S/C15H11F2NO4/c16-11-7-6-10(14(19)20)12(17)13(11)18-15(21)22-8-9-4-2-1-3-5-9/h1-7H,8H2,(H,18,21)(H,19,20). The van der Waals surface area contributed by atoms with Gasteiger partial charge >= 0.3 is 12.1 Å². The summed E-state index contributed by atoms with van der Waals surface area (Å²) in [6, 6.07) is 10.2. The number of benzene rings is 2. The molecule has 0 atom stereocenters. The van der Waals surface area contributed by atoms with Gasteiger partial charge in [-0.15, -0.1) is 0 Å². The minimum absolute atomic E-state index is 0.0888. The predicted molar refractivity (Wildman–Crippen MR) is 73.6 cm³/mol. The number of anilines is 1. The molecule has 2 N–H and O–H groups in total. The Balaban J connectivity index is 2.08. The van der Waals surface area contributed by atoms with E-state index < -0.39 is 34.9 Å². The average Bonchev–Trinajstić information content (AvgIpc) is 2.50. The van der Waals surface area contributed by atoms with Crippen LogP contribution >= 0.6 is 0 Å². The third-order valence-electron chi connectivity index (χ3n) is 2.76. The highest BCUT2D eigenvalue weighted by atomic mass is 19.1. The summed E-state index contributed by atoms with van der Waals surface area (Å²) in [4.78, 5) is 22.3. The van der Waals surface area contributed by atoms with Gasteiger partial charge in [-0.1, -0.05) is 30.3 Å². The van der Waals surface area contributed by atoms with Gasteiger partial charge in [0.25, 0.3) is 0 Å². The van der Waals surface area contributed by atoms with Crippen LogP contribution in [0.25, 0.3) is 0 Å². The van der Waals surface area contributed by atoms with Crippen LogP contribution in [0.2, 0.25) is 0 Å². The Bertz CT molecular complexity index is 704. The maximum Gasteiger partial charge on any atom is 0.412 e. The van der Waals surface area contributed by atoms with Crippen molar-refractivity contribution >= 4 is 17.7 Å². The molecule has 0 saturated heterocycles. The molecule has 2 aromatic rings. The molecule has 0 heterocycles. The number of hydrogen-bond donors (Lipinski definition) is 2. The van der Waals surface area contributed by atoms with Gasteiger partial charge in [-0.3, -0.25) is 5.32 Å². The number of rotatable bonds is 4. The maximum absolute atomic E-state index is 13.8. The van der Waals surface area contributed by atoms with Gasteiger partial charge < -0.3 is 9.84 Å². The van der Waals surface area contributed by atoms with Crippen LogP contribution < -0.4 is 5.32 Å². The molecule has 0 spiro atoms. The van der Waals surface area contributed by atoms with Crippen molar-refractivity contribution in [2.75, 3.05) is 5.32 Å². The number of carboxylic acid groups (broad SMARTS) is 1. The molecule has 2 aromatic carbocycles. The Labute approximate surface area is 124 Å². The number of nitrogens with one attached hydrogen (secondary N) is 1. The molecule has 0 unspecified atom stereocenters. The summed E-state index contributed by atoms with van der Waals surface area (Å²) < 4.78 is 32.1. The van der Waals surface area contributed by atoms with E-state index in [9.17, 15) is 18.4 Å². The second-order valence-electron chi connectivity index (χ2n) is 4.28. The fourth-order valence-electron chi connectivity index (χ4n) is 1.69. The third kappa shape index (κ3) is 3.57. The van der Waals surface area contributed by atoms with E-state index >= 15 is 0 Å². The Morgan fingerprint density at radius 1 is 1.09 bits per heavy atom. The Morgan fingerprint density at radius 3 is 2.41 bits per heavy atom. The molecule has 0 bridgehead atoms. The summed E-state index contributed by atoms with van der Waals surface area (Å²) in [6.07, 6.45) is -1.09. The van der Waals surface area contributed by atoms with E-state index in [2.05, 4.69) is 0 Å². The molecule has 1 amide bonds. The van der Waals surface area contributed by atoms with Gasteiger partial charge in [0.2, 0.25) is 0 Å². The molecule has 0 fully saturated rings. The molecule has 0 aliphatic rings. The zero-order chi connectivity index (χ0) is 16.1. The van der Waals surface area contributed by atoms with Gasteiger partial charge in [0.1, 0.15) is 18.1 Å². The van der Waals surface area contributed by atoms with E-state index in [-0.39, 0.29) is 6.61 Å². The molecule has 5 nitrogen and oxygen atoms in total. The highest BCUT2D eigenvalue weighted by Gasteiger charge is 2.20. The SMILES string of the molecule is O=C(Nc1c(F)ccc(C(=O)O)c1F)OCc1ccccc1. The van der Waals surface area contributed by atoms with E-state index in [1.165, 1.54) is 0 Å². The van der Waals surface area contributed by atoms with Gasteiger partial charge in [-0.25, -0.2) is 18.4 Å². The lowest BCUT2D eigenvalue weighted by Crippen LogP contribution is -2.17. The summed E-state index contributed by atoms with van der Waals surface area (Å²) in [5, 5.41) is 10.6. The summed E-state index contributed by atoms with van der Waals surface area (Å²) in [5.74, 6) is -4.04. The lowest BCUT2D eigenvalue weighted by atomic mass is 10.2. The number of ether oxygens (including phenoxy) is 1. The van der Waals surface area contributed by atoms with Crippen molar-refractivity contribution in [1.29, 1.82) is 0 Å². The Morgan fingerprint density at radius 2 is 1.77 bits per heavy atom. The zero-order valence-corrected chi connectivity index (χ0v) is 11.2. The van der Waals surface area contributed by atoms with E-state index in [1.54, 1.807) is 30.3 Å². The second-order valence-corrected chi connectivity index (χ2v) is 4.28. The molecule has 0 aliphatic heterocycles. The monoisotopic (exact) mass is 307 g/mol. The normalized spacial score (nSPS) is 10.1. The highest BCUT2D eigenvalue weighted by molar-refractivity contribution is 5.92. The average molecular weight is 307 g/mol. The molecule has 114 valence electrons. The first kappa shape index (κ1) is 15.4. The Kier molecular flexibility index (Phi) is 4.67. The quantitative estimate of drug-likeness (QED) is 0.907. The van der Waals surface area contributed by atoms with Crippen LogP contribution in [0.3, 0.4) is 0 Å². The number of carbonyl (C=O) groups is 2. The number of halogens is 2. The van der Waals surface area contributed by atoms with Crippen LogP contribution in [0.1, 0.15) is 15.9 Å². The largest absolute Gasteiger partial charge is 0.478 e. The third-order valence-corrected chi connectivity index (χ3v) is 2.76. The fraction of sp³-hybridized carbons (Fsp3) is 0.0667. The van der Waals surface area contributed by atoms with Crippen molar-refractivity contribution in [2.45, 2.75) is 6.61 Å². The van der Waals surface area contributed by atoms with Crippen molar-refractivity contribution in [1.82, 2.24) is 0 Å². The topological polar surface area (TPSA) is 75.6 Å². The van der Waals surface area contributed by atoms with Gasteiger partial charge in [-0.05, 0) is 17.7 Å². The molecule has 0 aliphatic carbocycles. The van der Waals surface area contributed by atoms with Crippen LogP contribution in [0, 0.1) is 11.6 Å². The smallest absolute Gasteiger partial charge is 0.412 e. The first-order valence-electron chi connectivity index (χ1n) is 6.18. The molecule has 0 saturated carbocycles. The van der Waals surface area contributed by atoms with Crippen LogP contribution in [0.15, 0.2) is 42.5 Å². The number of aromatic carboxylic acids is 1. The van der Waals surface area contributed by atoms with Crippen LogP contribution in [-0.4, -0.2) is 17.2 Å². The Hall–Kier alpha value is -2.96. The molecule has 2 rings (SSSR count). The van der Waals surface area contributed by atoms with Crippen molar-refractivity contribution in [3.8, 4) is 0 Å². The van der Waals surface area contributed by atoms with Gasteiger partial charge in [-0.2, -0.15) is 0 Å². The van der Waals surface area contributed by atoms with E-state index in [1.807, 2.05) is 5.32 Å². The van der Waals surface area contributed by atoms with Crippen molar-refractivity contribution < 1.29 is 28.2 Å². The first-order chi connectivity index (χ1) is 10.5. The van der Waals surface area contributed by atoms with E-state index in [0.29, 0.717) is 5.56 Å². The van der Waals surface area contributed by atoms with Crippen molar-refractivity contribution in [2.24, 2.45) is 0 Å². The summed E-state index contributed by atoms with van der Waals surface area (Å²) in [6.45, 7) is -0.0888. The molecular weight excluding hydrogens is 296 g/mol. The minimum atomic E-state index is -1.57. The summed E-state index contributed by atoms with van der Waals surface area (Å²) in [5.41, 5.74) is -0.921. The maximum atomic E-state index is 13.8. The van der Waals surface area contributed by atoms with Gasteiger partial charge in [0.15, 0.2) is 5.82 Å². The summed E-state index contributed by atoms with van der Waals surface area (Å²) >= 11 is 0. The van der Waals surface area contributed by atoms with E-state index in [0.717, 1.165) is 12.1 Å². The number of carboxylic acids is 1. The van der Waals surface area contributed by atoms with E-state index in [4.69, 9.17) is 9.84 Å². The highest BCUT2D eigenvalue weighted by Crippen LogP contribution is 2.22. The number of amides is 1. The molecule has 22 heavy (non-hydrogen) atoms. The number of hydrogen-bond acceptors (Lipinski definition) is 3. The molecule has 7 heteroatoms. The number of carbonyl (C=O) groups excluding carboxylic acids is 1. The first-order valence-corrected chi connectivity index (χ1v) is 6.18. The van der Waals surface area contributed by atoms with Crippen molar-refractivity contribution in [3.63, 3.8) is 0 Å². The molecule has 0 radical (unpaired) electrons. The molecule has 0 aromatic heterocycles. The predicted octanol–water partition coefficient (Wildman–Crippen LogP) is 3.41. The van der Waals surface area contributed by atoms with Crippen LogP contribution in [0.5, 0.6) is 0 Å². The van der Waals surface area contributed by atoms with Crippen molar-refractivity contribution in [3.05, 3.63) is 65.2 Å². The fourth-order valence-corrected chi connectivity index (χ4v) is 1.69. The lowest BCUT2D eigenvalue weighted by Gasteiger charge is -2.10.